The molecule has 0 atom stereocenters. The monoisotopic (exact) mass is 218 g/mol. The van der Waals surface area contributed by atoms with Gasteiger partial charge in [0.15, 0.2) is 0 Å². The molecule has 0 aliphatic rings. The molecule has 1 aromatic rings. The van der Waals surface area contributed by atoms with Gasteiger partial charge < -0.3 is 5.11 Å². The van der Waals surface area contributed by atoms with Crippen LogP contribution in [0.15, 0.2) is 24.3 Å². The molecule has 0 saturated heterocycles. The van der Waals surface area contributed by atoms with Crippen LogP contribution in [0, 0.1) is 19.8 Å². The third-order valence-corrected chi connectivity index (χ3v) is 1.76. The molecule has 0 radical (unpaired) electrons. The van der Waals surface area contributed by atoms with Gasteiger partial charge in [-0.2, -0.15) is 0 Å². The molecule has 1 rings (SSSR count). The maximum atomic E-state index is 9.63. The van der Waals surface area contributed by atoms with Crippen LogP contribution in [0.5, 0.6) is 0 Å². The van der Waals surface area contributed by atoms with Gasteiger partial charge >= 0.3 is 51.4 Å². The van der Waals surface area contributed by atoms with Crippen LogP contribution in [0.1, 0.15) is 25.0 Å². The van der Waals surface area contributed by atoms with Gasteiger partial charge in [0.05, 0.1) is 0 Å². The summed E-state index contributed by atoms with van der Waals surface area (Å²) in [6.45, 7) is 8.12. The number of rotatable bonds is 1. The zero-order valence-electron chi connectivity index (χ0n) is 10.0. The molecule has 0 N–H and O–H groups in total. The van der Waals surface area contributed by atoms with E-state index >= 15 is 0 Å². The van der Waals surface area contributed by atoms with E-state index in [1.165, 1.54) is 11.1 Å². The Kier molecular flexibility index (Phi) is 12.7. The van der Waals surface area contributed by atoms with Crippen molar-refractivity contribution in [3.05, 3.63) is 35.4 Å². The second-order valence-electron chi connectivity index (χ2n) is 3.64. The van der Waals surface area contributed by atoms with Gasteiger partial charge in [-0.25, -0.2) is 0 Å². The summed E-state index contributed by atoms with van der Waals surface area (Å²) in [5.74, 6) is 0.329. The van der Waals surface area contributed by atoms with E-state index in [0.717, 1.165) is 0 Å². The average Bonchev–Trinajstić information content (AvgIpc) is 2.11. The molecule has 74 valence electrons. The van der Waals surface area contributed by atoms with Crippen LogP contribution < -0.4 is 56.5 Å². The fourth-order valence-corrected chi connectivity index (χ4v) is 0.663. The molecule has 0 spiro atoms. The number of hydrogen-bond acceptors (Lipinski definition) is 1. The standard InChI is InChI=1S/C8H10.C4H9O.K/c1-7-5-3-4-6-8(7)2;1-4(2)3-5;/h3-6H,1-2H3;4H,3H2,1-2H3;/q;-1;+1. The molecular formula is C12H19KO. The fraction of sp³-hybridized carbons (Fsp3) is 0.500. The first-order valence-electron chi connectivity index (χ1n) is 4.68. The molecule has 0 fully saturated rings. The maximum absolute atomic E-state index is 9.63. The molecule has 0 aliphatic carbocycles. The topological polar surface area (TPSA) is 23.1 Å². The summed E-state index contributed by atoms with van der Waals surface area (Å²) in [6, 6.07) is 8.36. The van der Waals surface area contributed by atoms with Crippen molar-refractivity contribution in [3.8, 4) is 0 Å². The van der Waals surface area contributed by atoms with Gasteiger partial charge in [0.25, 0.3) is 0 Å². The zero-order chi connectivity index (χ0) is 10.3. The van der Waals surface area contributed by atoms with E-state index in [4.69, 9.17) is 0 Å². The molecule has 2 heteroatoms. The molecule has 1 nitrogen and oxygen atoms in total. The minimum absolute atomic E-state index is 0. The maximum Gasteiger partial charge on any atom is 1.00 e. The molecule has 0 saturated carbocycles. The second-order valence-corrected chi connectivity index (χ2v) is 3.64. The minimum atomic E-state index is 0. The van der Waals surface area contributed by atoms with E-state index in [-0.39, 0.29) is 58.0 Å². The summed E-state index contributed by atoms with van der Waals surface area (Å²) in [6.07, 6.45) is 0. The smallest absolute Gasteiger partial charge is 0.854 e. The Morgan fingerprint density at radius 3 is 1.50 bits per heavy atom. The van der Waals surface area contributed by atoms with Gasteiger partial charge in [-0.3, -0.25) is 0 Å². The largest absolute Gasteiger partial charge is 1.00 e. The first-order chi connectivity index (χ1) is 6.07. The number of hydrogen-bond donors (Lipinski definition) is 0. The molecule has 0 aliphatic heterocycles. The van der Waals surface area contributed by atoms with Crippen molar-refractivity contribution < 1.29 is 56.5 Å². The number of benzene rings is 1. The quantitative estimate of drug-likeness (QED) is 0.572. The molecule has 0 bridgehead atoms. The summed E-state index contributed by atoms with van der Waals surface area (Å²) < 4.78 is 0. The zero-order valence-corrected chi connectivity index (χ0v) is 13.1. The Balaban J connectivity index is 0. The van der Waals surface area contributed by atoms with Crippen molar-refractivity contribution in [2.75, 3.05) is 6.61 Å². The van der Waals surface area contributed by atoms with Gasteiger partial charge in [-0.05, 0) is 25.0 Å². The minimum Gasteiger partial charge on any atom is -0.854 e. The third-order valence-electron chi connectivity index (χ3n) is 1.76. The molecule has 1 aromatic carbocycles. The molecule has 0 aromatic heterocycles. The van der Waals surface area contributed by atoms with Crippen molar-refractivity contribution >= 4 is 0 Å². The SMILES string of the molecule is CC(C)C[O-].Cc1ccccc1C.[K+]. The first kappa shape index (κ1) is 17.2. The van der Waals surface area contributed by atoms with Gasteiger partial charge in [0, 0.05) is 0 Å². The Labute approximate surface area is 130 Å². The summed E-state index contributed by atoms with van der Waals surface area (Å²) in [7, 11) is 0. The van der Waals surface area contributed by atoms with Crippen LogP contribution in [0.3, 0.4) is 0 Å². The van der Waals surface area contributed by atoms with Crippen LogP contribution in [0.2, 0.25) is 0 Å². The predicted octanol–water partition coefficient (Wildman–Crippen LogP) is -0.690. The van der Waals surface area contributed by atoms with E-state index in [1.54, 1.807) is 0 Å². The van der Waals surface area contributed by atoms with E-state index in [1.807, 2.05) is 13.8 Å². The summed E-state index contributed by atoms with van der Waals surface area (Å²) in [4.78, 5) is 0. The first-order valence-corrected chi connectivity index (χ1v) is 4.68. The average molecular weight is 218 g/mol. The van der Waals surface area contributed by atoms with Gasteiger partial charge in [-0.1, -0.05) is 44.0 Å². The normalized spacial score (nSPS) is 8.71. The van der Waals surface area contributed by atoms with E-state index in [2.05, 4.69) is 38.1 Å². The Morgan fingerprint density at radius 2 is 1.36 bits per heavy atom. The van der Waals surface area contributed by atoms with E-state index in [9.17, 15) is 5.11 Å². The van der Waals surface area contributed by atoms with E-state index in [0.29, 0.717) is 5.92 Å². The Hall–Kier alpha value is 0.816. The van der Waals surface area contributed by atoms with Gasteiger partial charge in [0.1, 0.15) is 0 Å². The number of aryl methyl sites for hydroxylation is 2. The fourth-order valence-electron chi connectivity index (χ4n) is 0.663. The summed E-state index contributed by atoms with van der Waals surface area (Å²) >= 11 is 0. The Bertz CT molecular complexity index is 213. The van der Waals surface area contributed by atoms with Crippen molar-refractivity contribution in [2.45, 2.75) is 27.7 Å². The van der Waals surface area contributed by atoms with Gasteiger partial charge in [0.2, 0.25) is 0 Å². The molecule has 0 unspecified atom stereocenters. The van der Waals surface area contributed by atoms with E-state index < -0.39 is 0 Å². The van der Waals surface area contributed by atoms with Crippen LogP contribution in [-0.2, 0) is 0 Å². The van der Waals surface area contributed by atoms with Crippen molar-refractivity contribution in [1.82, 2.24) is 0 Å². The molecule has 0 amide bonds. The van der Waals surface area contributed by atoms with Crippen LogP contribution in [0.25, 0.3) is 0 Å². The van der Waals surface area contributed by atoms with Crippen LogP contribution in [-0.4, -0.2) is 6.61 Å². The summed E-state index contributed by atoms with van der Waals surface area (Å²) in [5.41, 5.74) is 2.74. The Morgan fingerprint density at radius 1 is 1.07 bits per heavy atom. The third kappa shape index (κ3) is 9.37. The van der Waals surface area contributed by atoms with Crippen molar-refractivity contribution in [1.29, 1.82) is 0 Å². The van der Waals surface area contributed by atoms with Gasteiger partial charge in [-0.15, -0.1) is 6.61 Å². The van der Waals surface area contributed by atoms with Crippen molar-refractivity contribution in [2.24, 2.45) is 5.92 Å². The second kappa shape index (κ2) is 10.3. The molecular weight excluding hydrogens is 199 g/mol. The predicted molar refractivity (Wildman–Crippen MR) is 55.6 cm³/mol. The van der Waals surface area contributed by atoms with Crippen LogP contribution in [0.4, 0.5) is 0 Å². The van der Waals surface area contributed by atoms with Crippen molar-refractivity contribution in [3.63, 3.8) is 0 Å². The van der Waals surface area contributed by atoms with Crippen LogP contribution >= 0.6 is 0 Å². The molecule has 14 heavy (non-hydrogen) atoms. The molecule has 0 heterocycles. The summed E-state index contributed by atoms with van der Waals surface area (Å²) in [5, 5.41) is 9.63.